The largest absolute Gasteiger partial charge is 0.418 e. The smallest absolute Gasteiger partial charge is 0.268 e. The third-order valence-corrected chi connectivity index (χ3v) is 4.50. The quantitative estimate of drug-likeness (QED) is 0.502. The normalized spacial score (nSPS) is 11.7. The molecule has 0 bridgehead atoms. The molecule has 1 heterocycles. The molecule has 4 rings (SSSR count). The molecule has 0 saturated carbocycles. The van der Waals surface area contributed by atoms with Gasteiger partial charge in [0, 0.05) is 6.42 Å². The van der Waals surface area contributed by atoms with Gasteiger partial charge in [-0.15, -0.1) is 0 Å². The van der Waals surface area contributed by atoms with Gasteiger partial charge in [0.15, 0.2) is 0 Å². The van der Waals surface area contributed by atoms with Crippen LogP contribution in [-0.2, 0) is 12.6 Å². The first-order chi connectivity index (χ1) is 13.4. The van der Waals surface area contributed by atoms with E-state index >= 15 is 0 Å². The number of aromatic nitrogens is 2. The lowest BCUT2D eigenvalue weighted by Crippen LogP contribution is -2.26. The Balaban J connectivity index is 2.04. The Morgan fingerprint density at radius 3 is 2.21 bits per heavy atom. The van der Waals surface area contributed by atoms with Gasteiger partial charge in [0.2, 0.25) is 0 Å². The fourth-order valence-corrected chi connectivity index (χ4v) is 3.23. The molecule has 0 N–H and O–H groups in total. The highest BCUT2D eigenvalue weighted by Crippen LogP contribution is 2.34. The van der Waals surface area contributed by atoms with Crippen LogP contribution in [0.25, 0.3) is 16.6 Å². The van der Waals surface area contributed by atoms with Gasteiger partial charge in [-0.2, -0.15) is 13.2 Å². The lowest BCUT2D eigenvalue weighted by Gasteiger charge is -2.18. The standard InChI is InChI=1S/C22H15F3N2O/c23-22(24,25)17-11-5-7-13-19(17)27-20(14-15-8-2-1-3-9-15)26-18-12-6-4-10-16(18)21(27)28/h1-13H,14H2. The fourth-order valence-electron chi connectivity index (χ4n) is 3.23. The first-order valence-electron chi connectivity index (χ1n) is 8.66. The summed E-state index contributed by atoms with van der Waals surface area (Å²) in [5, 5.41) is 0.274. The molecule has 0 aliphatic carbocycles. The molecule has 140 valence electrons. The van der Waals surface area contributed by atoms with Gasteiger partial charge in [-0.25, -0.2) is 4.98 Å². The Morgan fingerprint density at radius 2 is 1.46 bits per heavy atom. The number of hydrogen-bond donors (Lipinski definition) is 0. The van der Waals surface area contributed by atoms with Crippen LogP contribution in [0.5, 0.6) is 0 Å². The minimum absolute atomic E-state index is 0.218. The molecule has 0 fully saturated rings. The number of benzene rings is 3. The molecular formula is C22H15F3N2O. The highest BCUT2D eigenvalue weighted by atomic mass is 19.4. The Morgan fingerprint density at radius 1 is 0.821 bits per heavy atom. The zero-order valence-corrected chi connectivity index (χ0v) is 14.6. The van der Waals surface area contributed by atoms with Crippen molar-refractivity contribution < 1.29 is 13.2 Å². The van der Waals surface area contributed by atoms with E-state index in [1.54, 1.807) is 24.3 Å². The predicted octanol–water partition coefficient (Wildman–Crippen LogP) is 5.00. The Bertz CT molecular complexity index is 1200. The summed E-state index contributed by atoms with van der Waals surface area (Å²) in [5.74, 6) is 0.256. The van der Waals surface area contributed by atoms with Crippen molar-refractivity contribution in [3.05, 3.63) is 106 Å². The second-order valence-electron chi connectivity index (χ2n) is 6.36. The van der Waals surface area contributed by atoms with Gasteiger partial charge in [-0.05, 0) is 29.8 Å². The molecule has 1 aromatic heterocycles. The van der Waals surface area contributed by atoms with Gasteiger partial charge >= 0.3 is 6.18 Å². The van der Waals surface area contributed by atoms with E-state index in [2.05, 4.69) is 4.98 Å². The lowest BCUT2D eigenvalue weighted by molar-refractivity contribution is -0.137. The predicted molar refractivity (Wildman–Crippen MR) is 102 cm³/mol. The molecule has 0 saturated heterocycles. The molecule has 0 unspecified atom stereocenters. The number of hydrogen-bond acceptors (Lipinski definition) is 2. The van der Waals surface area contributed by atoms with E-state index in [0.29, 0.717) is 5.52 Å². The van der Waals surface area contributed by atoms with Crippen molar-refractivity contribution in [3.8, 4) is 5.69 Å². The average molecular weight is 380 g/mol. The second kappa shape index (κ2) is 6.96. The van der Waals surface area contributed by atoms with Gasteiger partial charge in [0.25, 0.3) is 5.56 Å². The fraction of sp³-hybridized carbons (Fsp3) is 0.0909. The summed E-state index contributed by atoms with van der Waals surface area (Å²) in [6, 6.07) is 21.0. The number of nitrogens with zero attached hydrogens (tertiary/aromatic N) is 2. The van der Waals surface area contributed by atoms with E-state index in [-0.39, 0.29) is 23.3 Å². The van der Waals surface area contributed by atoms with Crippen molar-refractivity contribution in [1.82, 2.24) is 9.55 Å². The molecular weight excluding hydrogens is 365 g/mol. The molecule has 0 spiro atoms. The number of alkyl halides is 3. The van der Waals surface area contributed by atoms with Crippen LogP contribution >= 0.6 is 0 Å². The van der Waals surface area contributed by atoms with Crippen LogP contribution in [0.1, 0.15) is 17.0 Å². The Hall–Kier alpha value is -3.41. The number of fused-ring (bicyclic) bond motifs is 1. The van der Waals surface area contributed by atoms with Crippen LogP contribution < -0.4 is 5.56 Å². The van der Waals surface area contributed by atoms with Gasteiger partial charge in [0.05, 0.1) is 22.2 Å². The third-order valence-electron chi connectivity index (χ3n) is 4.50. The summed E-state index contributed by atoms with van der Waals surface area (Å²) in [7, 11) is 0. The molecule has 3 nitrogen and oxygen atoms in total. The van der Waals surface area contributed by atoms with Crippen molar-refractivity contribution in [2.45, 2.75) is 12.6 Å². The van der Waals surface area contributed by atoms with E-state index < -0.39 is 17.3 Å². The van der Waals surface area contributed by atoms with Crippen molar-refractivity contribution in [3.63, 3.8) is 0 Å². The van der Waals surface area contributed by atoms with E-state index in [0.717, 1.165) is 16.2 Å². The van der Waals surface area contributed by atoms with Crippen LogP contribution in [0.3, 0.4) is 0 Å². The van der Waals surface area contributed by atoms with Gasteiger partial charge < -0.3 is 0 Å². The van der Waals surface area contributed by atoms with Crippen LogP contribution in [0.2, 0.25) is 0 Å². The van der Waals surface area contributed by atoms with E-state index in [1.807, 2.05) is 30.3 Å². The Kier molecular flexibility index (Phi) is 4.47. The highest BCUT2D eigenvalue weighted by Gasteiger charge is 2.34. The van der Waals surface area contributed by atoms with Crippen molar-refractivity contribution in [2.75, 3.05) is 0 Å². The van der Waals surface area contributed by atoms with Gasteiger partial charge in [-0.3, -0.25) is 9.36 Å². The monoisotopic (exact) mass is 380 g/mol. The number of halogens is 3. The zero-order chi connectivity index (χ0) is 19.7. The highest BCUT2D eigenvalue weighted by molar-refractivity contribution is 5.78. The van der Waals surface area contributed by atoms with Gasteiger partial charge in [-0.1, -0.05) is 54.6 Å². The second-order valence-corrected chi connectivity index (χ2v) is 6.36. The minimum atomic E-state index is -4.59. The van der Waals surface area contributed by atoms with Crippen LogP contribution in [0, 0.1) is 0 Å². The number of rotatable bonds is 3. The topological polar surface area (TPSA) is 34.9 Å². The summed E-state index contributed by atoms with van der Waals surface area (Å²) >= 11 is 0. The molecule has 0 aliphatic heterocycles. The van der Waals surface area contributed by atoms with E-state index in [9.17, 15) is 18.0 Å². The average Bonchev–Trinajstić information content (AvgIpc) is 2.68. The summed E-state index contributed by atoms with van der Waals surface area (Å²) in [5.41, 5.74) is -0.303. The lowest BCUT2D eigenvalue weighted by atomic mass is 10.1. The van der Waals surface area contributed by atoms with Crippen LogP contribution in [0.15, 0.2) is 83.7 Å². The SMILES string of the molecule is O=c1c2ccccc2nc(Cc2ccccc2)n1-c1ccccc1C(F)(F)F. The molecule has 4 aromatic rings. The van der Waals surface area contributed by atoms with Crippen molar-refractivity contribution in [1.29, 1.82) is 0 Å². The molecule has 28 heavy (non-hydrogen) atoms. The maximum Gasteiger partial charge on any atom is 0.418 e. The summed E-state index contributed by atoms with van der Waals surface area (Å²) < 4.78 is 41.9. The van der Waals surface area contributed by atoms with Crippen LogP contribution in [0.4, 0.5) is 13.2 Å². The number of para-hydroxylation sites is 2. The Labute approximate surface area is 158 Å². The summed E-state index contributed by atoms with van der Waals surface area (Å²) in [6.07, 6.45) is -4.36. The summed E-state index contributed by atoms with van der Waals surface area (Å²) in [4.78, 5) is 17.7. The van der Waals surface area contributed by atoms with E-state index in [4.69, 9.17) is 0 Å². The molecule has 0 aliphatic rings. The van der Waals surface area contributed by atoms with Crippen molar-refractivity contribution >= 4 is 10.9 Å². The van der Waals surface area contributed by atoms with E-state index in [1.165, 1.54) is 18.2 Å². The maximum absolute atomic E-state index is 13.6. The van der Waals surface area contributed by atoms with Gasteiger partial charge in [0.1, 0.15) is 5.82 Å². The molecule has 0 radical (unpaired) electrons. The molecule has 0 atom stereocenters. The minimum Gasteiger partial charge on any atom is -0.268 e. The molecule has 6 heteroatoms. The first kappa shape index (κ1) is 18.0. The maximum atomic E-state index is 13.6. The zero-order valence-electron chi connectivity index (χ0n) is 14.6. The summed E-state index contributed by atoms with van der Waals surface area (Å²) in [6.45, 7) is 0. The third kappa shape index (κ3) is 3.29. The molecule has 0 amide bonds. The molecule has 3 aromatic carbocycles. The van der Waals surface area contributed by atoms with Crippen LogP contribution in [-0.4, -0.2) is 9.55 Å². The van der Waals surface area contributed by atoms with Crippen molar-refractivity contribution in [2.24, 2.45) is 0 Å². The first-order valence-corrected chi connectivity index (χ1v) is 8.66.